The number of carbonyl (C=O) groups excluding carboxylic acids is 1. The number of anilines is 1. The molecule has 0 fully saturated rings. The molecule has 11 nitrogen and oxygen atoms in total. The van der Waals surface area contributed by atoms with Crippen LogP contribution in [0.25, 0.3) is 0 Å². The predicted octanol–water partition coefficient (Wildman–Crippen LogP) is 2.57. The molecule has 12 heteroatoms. The molecule has 0 saturated carbocycles. The summed E-state index contributed by atoms with van der Waals surface area (Å²) in [5.74, 6) is -0.367. The van der Waals surface area contributed by atoms with Gasteiger partial charge >= 0.3 is 11.6 Å². The summed E-state index contributed by atoms with van der Waals surface area (Å²) in [7, 11) is 1.22. The van der Waals surface area contributed by atoms with Crippen molar-refractivity contribution in [2.75, 3.05) is 12.4 Å². The van der Waals surface area contributed by atoms with Crippen LogP contribution < -0.4 is 14.8 Å². The van der Waals surface area contributed by atoms with E-state index in [1.165, 1.54) is 24.2 Å². The number of rotatable bonds is 7. The summed E-state index contributed by atoms with van der Waals surface area (Å²) < 4.78 is 12.7. The highest BCUT2D eigenvalue weighted by Gasteiger charge is 2.30. The second kappa shape index (κ2) is 7.86. The van der Waals surface area contributed by atoms with Crippen LogP contribution in [0.4, 0.5) is 11.4 Å². The van der Waals surface area contributed by atoms with Crippen LogP contribution >= 0.6 is 15.9 Å². The number of benzene rings is 1. The van der Waals surface area contributed by atoms with Gasteiger partial charge in [0.25, 0.3) is 5.91 Å². The van der Waals surface area contributed by atoms with Gasteiger partial charge in [0.2, 0.25) is 5.69 Å². The van der Waals surface area contributed by atoms with Crippen LogP contribution in [0.15, 0.2) is 41.1 Å². The number of aromatic nitrogens is 4. The Morgan fingerprint density at radius 2 is 2.15 bits per heavy atom. The van der Waals surface area contributed by atoms with Gasteiger partial charge in [0, 0.05) is 4.47 Å². The predicted molar refractivity (Wildman–Crippen MR) is 96.7 cm³/mol. The molecule has 0 spiro atoms. The van der Waals surface area contributed by atoms with Crippen molar-refractivity contribution in [3.05, 3.63) is 56.9 Å². The summed E-state index contributed by atoms with van der Waals surface area (Å²) in [6.45, 7) is 0.121. The minimum Gasteiger partial charge on any atom is -0.475 e. The average Bonchev–Trinajstić information content (AvgIpc) is 3.27. The smallest absolute Gasteiger partial charge is 0.362 e. The fourth-order valence-electron chi connectivity index (χ4n) is 2.15. The van der Waals surface area contributed by atoms with Gasteiger partial charge in [-0.05, 0) is 24.3 Å². The number of nitrogens with one attached hydrogen (secondary N) is 2. The topological polar surface area (TPSA) is 137 Å². The number of hydrogen-bond acceptors (Lipinski definition) is 7. The van der Waals surface area contributed by atoms with Gasteiger partial charge in [-0.15, -0.1) is 5.10 Å². The van der Waals surface area contributed by atoms with Crippen molar-refractivity contribution in [3.8, 4) is 11.6 Å². The maximum atomic E-state index is 12.3. The molecular formula is C15H13BrN6O5. The highest BCUT2D eigenvalue weighted by atomic mass is 79.9. The van der Waals surface area contributed by atoms with Crippen LogP contribution in [0.1, 0.15) is 10.5 Å². The second-order valence-electron chi connectivity index (χ2n) is 5.16. The Morgan fingerprint density at radius 3 is 2.81 bits per heavy atom. The van der Waals surface area contributed by atoms with Crippen LogP contribution in [0.2, 0.25) is 0 Å². The highest BCUT2D eigenvalue weighted by Crippen LogP contribution is 2.28. The second-order valence-corrected chi connectivity index (χ2v) is 6.08. The molecule has 1 amide bonds. The lowest BCUT2D eigenvalue weighted by molar-refractivity contribution is -0.386. The van der Waals surface area contributed by atoms with Crippen molar-refractivity contribution in [2.45, 2.75) is 6.73 Å². The molecule has 2 aromatic heterocycles. The Hall–Kier alpha value is -3.41. The van der Waals surface area contributed by atoms with Crippen molar-refractivity contribution in [3.63, 3.8) is 0 Å². The summed E-state index contributed by atoms with van der Waals surface area (Å²) in [6.07, 6.45) is 2.92. The molecule has 1 aromatic carbocycles. The first-order valence-corrected chi connectivity index (χ1v) is 8.26. The normalized spacial score (nSPS) is 10.4. The minimum absolute atomic E-state index is 0.121. The van der Waals surface area contributed by atoms with E-state index in [9.17, 15) is 14.9 Å². The number of ether oxygens (including phenoxy) is 2. The molecule has 140 valence electrons. The first-order valence-electron chi connectivity index (χ1n) is 7.47. The van der Waals surface area contributed by atoms with Crippen molar-refractivity contribution < 1.29 is 19.2 Å². The molecular weight excluding hydrogens is 424 g/mol. The van der Waals surface area contributed by atoms with Crippen LogP contribution in [0, 0.1) is 10.1 Å². The summed E-state index contributed by atoms with van der Waals surface area (Å²) in [5, 5.41) is 23.6. The molecule has 0 aliphatic heterocycles. The van der Waals surface area contributed by atoms with Gasteiger partial charge in [-0.3, -0.25) is 20.0 Å². The Bertz CT molecular complexity index is 967. The molecule has 0 aliphatic rings. The third-order valence-electron chi connectivity index (χ3n) is 3.38. The molecule has 2 heterocycles. The number of carbonyl (C=O) groups is 1. The zero-order valence-corrected chi connectivity index (χ0v) is 15.5. The van der Waals surface area contributed by atoms with E-state index in [2.05, 4.69) is 36.5 Å². The summed E-state index contributed by atoms with van der Waals surface area (Å²) in [5.41, 5.74) is -0.529. The Labute approximate surface area is 160 Å². The van der Waals surface area contributed by atoms with E-state index in [0.717, 1.165) is 4.47 Å². The molecule has 27 heavy (non-hydrogen) atoms. The molecule has 0 atom stereocenters. The van der Waals surface area contributed by atoms with Crippen molar-refractivity contribution >= 4 is 33.2 Å². The Balaban J connectivity index is 1.65. The number of nitrogens with zero attached hydrogens (tertiary/aromatic N) is 4. The lowest BCUT2D eigenvalue weighted by atomic mass is 10.3. The number of amides is 1. The number of nitro groups is 1. The van der Waals surface area contributed by atoms with E-state index < -0.39 is 16.5 Å². The fraction of sp³-hybridized carbons (Fsp3) is 0.133. The first-order chi connectivity index (χ1) is 13.0. The Kier molecular flexibility index (Phi) is 5.35. The van der Waals surface area contributed by atoms with E-state index in [4.69, 9.17) is 9.47 Å². The van der Waals surface area contributed by atoms with Gasteiger partial charge < -0.3 is 14.8 Å². The summed E-state index contributed by atoms with van der Waals surface area (Å²) >= 11 is 3.34. The summed E-state index contributed by atoms with van der Waals surface area (Å²) in [6, 6.07) is 7.27. The summed E-state index contributed by atoms with van der Waals surface area (Å²) in [4.78, 5) is 22.6. The number of aromatic amines is 1. The van der Waals surface area contributed by atoms with Gasteiger partial charge in [0.15, 0.2) is 6.73 Å². The monoisotopic (exact) mass is 436 g/mol. The SMILES string of the molecule is COc1n[nH]c(C(=O)Nc2cnn(COc3ccc(Br)cc3)c2)c1[N+](=O)[O-]. The molecule has 3 rings (SSSR count). The van der Waals surface area contributed by atoms with E-state index in [1.54, 1.807) is 12.1 Å². The molecule has 0 unspecified atom stereocenters. The number of hydrogen-bond donors (Lipinski definition) is 2. The van der Waals surface area contributed by atoms with Gasteiger partial charge in [-0.1, -0.05) is 15.9 Å². The highest BCUT2D eigenvalue weighted by molar-refractivity contribution is 9.10. The molecule has 0 bridgehead atoms. The van der Waals surface area contributed by atoms with E-state index >= 15 is 0 Å². The quantitative estimate of drug-likeness (QED) is 0.428. The van der Waals surface area contributed by atoms with Crippen LogP contribution in [-0.4, -0.2) is 37.9 Å². The van der Waals surface area contributed by atoms with E-state index in [-0.39, 0.29) is 18.3 Å². The fourth-order valence-corrected chi connectivity index (χ4v) is 2.42. The minimum atomic E-state index is -0.745. The lowest BCUT2D eigenvalue weighted by Gasteiger charge is -2.05. The third kappa shape index (κ3) is 4.23. The molecule has 0 aliphatic carbocycles. The molecule has 3 aromatic rings. The van der Waals surface area contributed by atoms with Crippen molar-refractivity contribution in [2.24, 2.45) is 0 Å². The number of methoxy groups -OCH3 is 1. The number of halogens is 1. The zero-order valence-electron chi connectivity index (χ0n) is 13.9. The Morgan fingerprint density at radius 1 is 1.41 bits per heavy atom. The van der Waals surface area contributed by atoms with Gasteiger partial charge in [0.1, 0.15) is 5.75 Å². The third-order valence-corrected chi connectivity index (χ3v) is 3.91. The molecule has 0 saturated heterocycles. The maximum absolute atomic E-state index is 12.3. The standard InChI is InChI=1S/C15H13BrN6O5/c1-26-15-13(22(24)25)12(19-20-15)14(23)18-10-6-17-21(7-10)8-27-11-4-2-9(16)3-5-11/h2-7H,8H2,1H3,(H,18,23)(H,19,20). The molecule has 0 radical (unpaired) electrons. The maximum Gasteiger partial charge on any atom is 0.362 e. The lowest BCUT2D eigenvalue weighted by Crippen LogP contribution is -2.14. The first kappa shape index (κ1) is 18.4. The zero-order chi connectivity index (χ0) is 19.4. The van der Waals surface area contributed by atoms with Gasteiger partial charge in [0.05, 0.1) is 30.1 Å². The van der Waals surface area contributed by atoms with Crippen LogP contribution in [-0.2, 0) is 6.73 Å². The van der Waals surface area contributed by atoms with E-state index in [0.29, 0.717) is 11.4 Å². The average molecular weight is 437 g/mol. The largest absolute Gasteiger partial charge is 0.475 e. The van der Waals surface area contributed by atoms with Crippen molar-refractivity contribution in [1.29, 1.82) is 0 Å². The van der Waals surface area contributed by atoms with Crippen LogP contribution in [0.5, 0.6) is 11.6 Å². The van der Waals surface area contributed by atoms with E-state index in [1.807, 2.05) is 12.1 Å². The van der Waals surface area contributed by atoms with Crippen molar-refractivity contribution in [1.82, 2.24) is 20.0 Å². The number of H-pyrrole nitrogens is 1. The van der Waals surface area contributed by atoms with Gasteiger partial charge in [-0.2, -0.15) is 5.10 Å². The van der Waals surface area contributed by atoms with Gasteiger partial charge in [-0.25, -0.2) is 4.68 Å². The molecule has 2 N–H and O–H groups in total. The van der Waals surface area contributed by atoms with Crippen LogP contribution in [0.3, 0.4) is 0 Å².